The number of hydrogen-bond acceptors (Lipinski definition) is 6. The number of guanidine groups is 1. The average molecular weight is 524 g/mol. The van der Waals surface area contributed by atoms with E-state index in [1.807, 2.05) is 61.5 Å². The summed E-state index contributed by atoms with van der Waals surface area (Å²) in [5, 5.41) is 8.13. The van der Waals surface area contributed by atoms with Gasteiger partial charge in [-0.2, -0.15) is 9.49 Å². The molecule has 0 fully saturated rings. The summed E-state index contributed by atoms with van der Waals surface area (Å²) in [6, 6.07) is 21.7. The molecule has 4 heterocycles. The summed E-state index contributed by atoms with van der Waals surface area (Å²) in [6.45, 7) is 3.98. The standard InChI is InChI=1S/C29H26FN7O2/c1-4-29(2)27(39)37-25-23(26(38)35(3)28(37)33-29)24(31-20-9-6-5-7-10-20)36(34-25)17-18-13-15-19(16-14-18)21-11-8-12-22(30)32-21/h5-16,31H,4,17H2,1-3H3/t29-/m1/s1. The first-order valence-corrected chi connectivity index (χ1v) is 12.7. The van der Waals surface area contributed by atoms with Gasteiger partial charge >= 0.3 is 0 Å². The lowest BCUT2D eigenvalue weighted by Crippen LogP contribution is -2.51. The number of nitrogens with zero attached hydrogens (tertiary/aromatic N) is 6. The number of aromatic nitrogens is 3. The second kappa shape index (κ2) is 9.16. The van der Waals surface area contributed by atoms with Crippen molar-refractivity contribution >= 4 is 35.1 Å². The van der Waals surface area contributed by atoms with Gasteiger partial charge in [0, 0.05) is 18.3 Å². The Bertz CT molecular complexity index is 1630. The molecule has 39 heavy (non-hydrogen) atoms. The number of carbonyl (C=O) groups excluding carboxylic acids is 2. The van der Waals surface area contributed by atoms with Crippen LogP contribution in [0.2, 0.25) is 0 Å². The number of para-hydroxylation sites is 1. The molecule has 0 saturated carbocycles. The zero-order valence-electron chi connectivity index (χ0n) is 21.7. The van der Waals surface area contributed by atoms with E-state index < -0.39 is 11.5 Å². The number of nitrogens with one attached hydrogen (secondary N) is 1. The van der Waals surface area contributed by atoms with Crippen LogP contribution in [0.4, 0.5) is 21.7 Å². The van der Waals surface area contributed by atoms with E-state index in [1.54, 1.807) is 30.8 Å². The summed E-state index contributed by atoms with van der Waals surface area (Å²) in [5.74, 6) is -0.0408. The van der Waals surface area contributed by atoms with Crippen LogP contribution in [0.15, 0.2) is 77.8 Å². The van der Waals surface area contributed by atoms with Crippen molar-refractivity contribution < 1.29 is 14.0 Å². The molecule has 196 valence electrons. The molecule has 6 rings (SSSR count). The number of amides is 2. The van der Waals surface area contributed by atoms with E-state index in [0.29, 0.717) is 30.0 Å². The van der Waals surface area contributed by atoms with Crippen molar-refractivity contribution in [2.75, 3.05) is 17.3 Å². The first-order chi connectivity index (χ1) is 18.8. The number of carbonyl (C=O) groups is 2. The van der Waals surface area contributed by atoms with Gasteiger partial charge in [0.2, 0.25) is 11.9 Å². The number of hydrogen-bond donors (Lipinski definition) is 1. The Morgan fingerprint density at radius 2 is 1.72 bits per heavy atom. The second-order valence-electron chi connectivity index (χ2n) is 9.78. The van der Waals surface area contributed by atoms with E-state index in [4.69, 9.17) is 5.10 Å². The van der Waals surface area contributed by atoms with Gasteiger partial charge < -0.3 is 5.32 Å². The number of aliphatic imine (C=N–C) groups is 1. The van der Waals surface area contributed by atoms with Crippen molar-refractivity contribution in [2.24, 2.45) is 4.99 Å². The van der Waals surface area contributed by atoms with Crippen molar-refractivity contribution in [3.05, 3.63) is 89.9 Å². The number of anilines is 3. The lowest BCUT2D eigenvalue weighted by atomic mass is 9.99. The van der Waals surface area contributed by atoms with Gasteiger partial charge in [0.05, 0.1) is 12.2 Å². The summed E-state index contributed by atoms with van der Waals surface area (Å²) in [6.07, 6.45) is 0.492. The van der Waals surface area contributed by atoms with E-state index in [1.165, 1.54) is 15.9 Å². The fourth-order valence-electron chi connectivity index (χ4n) is 4.78. The molecular formula is C29H26FN7O2. The van der Waals surface area contributed by atoms with E-state index in [0.717, 1.165) is 16.8 Å². The van der Waals surface area contributed by atoms with Crippen molar-refractivity contribution in [3.8, 4) is 11.3 Å². The molecule has 10 heteroatoms. The largest absolute Gasteiger partial charge is 0.340 e. The lowest BCUT2D eigenvalue weighted by molar-refractivity contribution is -0.121. The van der Waals surface area contributed by atoms with Gasteiger partial charge in [-0.25, -0.2) is 19.6 Å². The van der Waals surface area contributed by atoms with Crippen molar-refractivity contribution in [2.45, 2.75) is 32.4 Å². The van der Waals surface area contributed by atoms with Crippen LogP contribution in [0.5, 0.6) is 0 Å². The zero-order valence-corrected chi connectivity index (χ0v) is 21.7. The van der Waals surface area contributed by atoms with Crippen LogP contribution < -0.4 is 10.2 Å². The van der Waals surface area contributed by atoms with Crippen LogP contribution >= 0.6 is 0 Å². The highest BCUT2D eigenvalue weighted by molar-refractivity contribution is 6.32. The molecule has 9 nitrogen and oxygen atoms in total. The topological polar surface area (TPSA) is 95.7 Å². The van der Waals surface area contributed by atoms with Gasteiger partial charge in [0.1, 0.15) is 16.9 Å². The molecule has 0 aliphatic carbocycles. The fourth-order valence-corrected chi connectivity index (χ4v) is 4.78. The molecule has 0 radical (unpaired) electrons. The summed E-state index contributed by atoms with van der Waals surface area (Å²) in [4.78, 5) is 38.6. The molecule has 2 aliphatic heterocycles. The number of halogens is 1. The molecular weight excluding hydrogens is 497 g/mol. The Morgan fingerprint density at radius 3 is 2.41 bits per heavy atom. The Kier molecular flexibility index (Phi) is 5.75. The first-order valence-electron chi connectivity index (χ1n) is 12.7. The number of benzene rings is 2. The van der Waals surface area contributed by atoms with Crippen LogP contribution in [0, 0.1) is 5.95 Å². The van der Waals surface area contributed by atoms with Crippen LogP contribution in [-0.4, -0.2) is 50.0 Å². The van der Waals surface area contributed by atoms with Gasteiger partial charge in [-0.1, -0.05) is 55.5 Å². The molecule has 2 aromatic heterocycles. The van der Waals surface area contributed by atoms with Crippen LogP contribution in [0.1, 0.15) is 36.2 Å². The maximum absolute atomic E-state index is 13.6. The normalized spacial score (nSPS) is 18.2. The van der Waals surface area contributed by atoms with Crippen molar-refractivity contribution in [1.29, 1.82) is 0 Å². The van der Waals surface area contributed by atoms with E-state index in [9.17, 15) is 14.0 Å². The van der Waals surface area contributed by atoms with E-state index in [2.05, 4.69) is 15.3 Å². The van der Waals surface area contributed by atoms with Gasteiger partial charge in [0.25, 0.3) is 11.8 Å². The third-order valence-electron chi connectivity index (χ3n) is 7.20. The Balaban J connectivity index is 1.43. The van der Waals surface area contributed by atoms with Crippen LogP contribution in [-0.2, 0) is 11.3 Å². The van der Waals surface area contributed by atoms with Crippen molar-refractivity contribution in [3.63, 3.8) is 0 Å². The predicted octanol–water partition coefficient (Wildman–Crippen LogP) is 4.83. The molecule has 4 aromatic rings. The Hall–Kier alpha value is -4.86. The maximum Gasteiger partial charge on any atom is 0.267 e. The third kappa shape index (κ3) is 4.04. The first kappa shape index (κ1) is 24.5. The fraction of sp³-hybridized carbons (Fsp3) is 0.207. The smallest absolute Gasteiger partial charge is 0.267 e. The number of pyridine rings is 1. The van der Waals surface area contributed by atoms with E-state index >= 15 is 0 Å². The summed E-state index contributed by atoms with van der Waals surface area (Å²) in [7, 11) is 1.62. The SMILES string of the molecule is CC[C@@]1(C)N=C2N(C)C(=O)c3c(nn(Cc4ccc(-c5cccc(F)n5)cc4)c3Nc3ccccc3)N2C1=O. The van der Waals surface area contributed by atoms with E-state index in [-0.39, 0.29) is 23.6 Å². The van der Waals surface area contributed by atoms with Gasteiger partial charge in [-0.3, -0.25) is 14.5 Å². The molecule has 2 aromatic carbocycles. The molecule has 0 saturated heterocycles. The minimum Gasteiger partial charge on any atom is -0.340 e. The lowest BCUT2D eigenvalue weighted by Gasteiger charge is -2.29. The number of rotatable bonds is 6. The minimum absolute atomic E-state index is 0.219. The quantitative estimate of drug-likeness (QED) is 0.365. The molecule has 2 aliphatic rings. The highest BCUT2D eigenvalue weighted by Crippen LogP contribution is 2.40. The van der Waals surface area contributed by atoms with Crippen LogP contribution in [0.25, 0.3) is 11.3 Å². The minimum atomic E-state index is -0.969. The molecule has 0 spiro atoms. The summed E-state index contributed by atoms with van der Waals surface area (Å²) < 4.78 is 15.3. The van der Waals surface area contributed by atoms with Gasteiger partial charge in [0.15, 0.2) is 5.82 Å². The molecule has 0 unspecified atom stereocenters. The van der Waals surface area contributed by atoms with Crippen LogP contribution in [0.3, 0.4) is 0 Å². The molecule has 0 bridgehead atoms. The van der Waals surface area contributed by atoms with Gasteiger partial charge in [-0.15, -0.1) is 0 Å². The predicted molar refractivity (Wildman–Crippen MR) is 146 cm³/mol. The van der Waals surface area contributed by atoms with Crippen molar-refractivity contribution in [1.82, 2.24) is 19.7 Å². The Labute approximate surface area is 224 Å². The molecule has 1 atom stereocenters. The molecule has 1 N–H and O–H groups in total. The number of fused-ring (bicyclic) bond motifs is 3. The summed E-state index contributed by atoms with van der Waals surface area (Å²) >= 11 is 0. The summed E-state index contributed by atoms with van der Waals surface area (Å²) in [5.41, 5.74) is 2.31. The highest BCUT2D eigenvalue weighted by atomic mass is 19.1. The second-order valence-corrected chi connectivity index (χ2v) is 9.78. The molecule has 2 amide bonds. The monoisotopic (exact) mass is 523 g/mol. The average Bonchev–Trinajstić information content (AvgIpc) is 3.42. The highest BCUT2D eigenvalue weighted by Gasteiger charge is 2.52. The third-order valence-corrected chi connectivity index (χ3v) is 7.20. The van der Waals surface area contributed by atoms with Gasteiger partial charge in [-0.05, 0) is 43.2 Å². The Morgan fingerprint density at radius 1 is 0.974 bits per heavy atom. The zero-order chi connectivity index (χ0) is 27.3. The maximum atomic E-state index is 13.6.